The molecule has 2 aromatic heterocycles. The predicted octanol–water partition coefficient (Wildman–Crippen LogP) is 2.83. The molecule has 0 aliphatic carbocycles. The third kappa shape index (κ3) is 3.23. The van der Waals surface area contributed by atoms with Gasteiger partial charge in [-0.05, 0) is 19.1 Å². The fourth-order valence-electron chi connectivity index (χ4n) is 2.32. The first-order valence-electron chi connectivity index (χ1n) is 7.37. The van der Waals surface area contributed by atoms with Gasteiger partial charge in [0.1, 0.15) is 11.5 Å². The molecule has 0 aliphatic heterocycles. The van der Waals surface area contributed by atoms with Gasteiger partial charge in [0.25, 0.3) is 0 Å². The zero-order valence-electron chi connectivity index (χ0n) is 13.1. The van der Waals surface area contributed by atoms with E-state index in [2.05, 4.69) is 10.3 Å². The SMILES string of the molecule is CCOC(=O)Nc1cc(O)ccc1-c1cc(=O)c2cncc(O)c2o1. The van der Waals surface area contributed by atoms with E-state index < -0.39 is 11.5 Å². The van der Waals surface area contributed by atoms with Crippen LogP contribution in [0.15, 0.2) is 45.9 Å². The van der Waals surface area contributed by atoms with Crippen molar-refractivity contribution in [2.45, 2.75) is 6.92 Å². The number of hydrogen-bond acceptors (Lipinski definition) is 7. The minimum absolute atomic E-state index is 0.0207. The van der Waals surface area contributed by atoms with Crippen LogP contribution in [0.3, 0.4) is 0 Å². The number of ether oxygens (including phenoxy) is 1. The minimum Gasteiger partial charge on any atom is -0.508 e. The Morgan fingerprint density at radius 3 is 2.84 bits per heavy atom. The number of pyridine rings is 1. The topological polar surface area (TPSA) is 122 Å². The highest BCUT2D eigenvalue weighted by Crippen LogP contribution is 2.33. The Morgan fingerprint density at radius 1 is 1.28 bits per heavy atom. The molecular formula is C17H14N2O6. The summed E-state index contributed by atoms with van der Waals surface area (Å²) in [5.41, 5.74) is 0.0954. The smallest absolute Gasteiger partial charge is 0.411 e. The van der Waals surface area contributed by atoms with E-state index in [4.69, 9.17) is 9.15 Å². The molecule has 0 radical (unpaired) electrons. The van der Waals surface area contributed by atoms with Crippen LogP contribution in [0.25, 0.3) is 22.3 Å². The molecule has 1 amide bonds. The van der Waals surface area contributed by atoms with Crippen LogP contribution in [0.4, 0.5) is 10.5 Å². The number of aromatic nitrogens is 1. The van der Waals surface area contributed by atoms with Gasteiger partial charge in [0.2, 0.25) is 0 Å². The molecular weight excluding hydrogens is 328 g/mol. The van der Waals surface area contributed by atoms with E-state index >= 15 is 0 Å². The van der Waals surface area contributed by atoms with Crippen molar-refractivity contribution in [3.8, 4) is 22.8 Å². The van der Waals surface area contributed by atoms with Gasteiger partial charge in [-0.15, -0.1) is 0 Å². The lowest BCUT2D eigenvalue weighted by Gasteiger charge is -2.11. The van der Waals surface area contributed by atoms with Crippen LogP contribution in [0, 0.1) is 0 Å². The number of carbonyl (C=O) groups is 1. The summed E-state index contributed by atoms with van der Waals surface area (Å²) < 4.78 is 10.4. The number of hydrogen-bond donors (Lipinski definition) is 3. The van der Waals surface area contributed by atoms with Gasteiger partial charge in [-0.3, -0.25) is 15.1 Å². The monoisotopic (exact) mass is 342 g/mol. The first-order valence-corrected chi connectivity index (χ1v) is 7.37. The van der Waals surface area contributed by atoms with E-state index in [9.17, 15) is 19.8 Å². The van der Waals surface area contributed by atoms with Crippen LogP contribution in [0.1, 0.15) is 6.92 Å². The summed E-state index contributed by atoms with van der Waals surface area (Å²) in [5, 5.41) is 22.1. The number of phenols is 1. The van der Waals surface area contributed by atoms with Crippen LogP contribution in [-0.4, -0.2) is 27.9 Å². The molecule has 0 aliphatic rings. The van der Waals surface area contributed by atoms with Crippen LogP contribution in [0.5, 0.6) is 11.5 Å². The fourth-order valence-corrected chi connectivity index (χ4v) is 2.32. The van der Waals surface area contributed by atoms with Gasteiger partial charge >= 0.3 is 6.09 Å². The molecule has 0 saturated carbocycles. The van der Waals surface area contributed by atoms with E-state index in [-0.39, 0.29) is 40.5 Å². The summed E-state index contributed by atoms with van der Waals surface area (Å²) in [7, 11) is 0. The molecule has 0 saturated heterocycles. The normalized spacial score (nSPS) is 10.6. The van der Waals surface area contributed by atoms with E-state index in [1.807, 2.05) is 0 Å². The molecule has 0 atom stereocenters. The number of fused-ring (bicyclic) bond motifs is 1. The van der Waals surface area contributed by atoms with Crippen LogP contribution < -0.4 is 10.7 Å². The molecule has 8 heteroatoms. The van der Waals surface area contributed by atoms with Crippen molar-refractivity contribution in [1.82, 2.24) is 4.98 Å². The maximum atomic E-state index is 12.3. The molecule has 2 heterocycles. The van der Waals surface area contributed by atoms with Gasteiger partial charge in [0.05, 0.1) is 23.9 Å². The Kier molecular flexibility index (Phi) is 4.25. The zero-order valence-corrected chi connectivity index (χ0v) is 13.1. The minimum atomic E-state index is -0.718. The number of nitrogens with zero attached hydrogens (tertiary/aromatic N) is 1. The highest BCUT2D eigenvalue weighted by Gasteiger charge is 2.15. The summed E-state index contributed by atoms with van der Waals surface area (Å²) >= 11 is 0. The largest absolute Gasteiger partial charge is 0.508 e. The Bertz CT molecular complexity index is 1010. The molecule has 25 heavy (non-hydrogen) atoms. The average molecular weight is 342 g/mol. The number of carbonyl (C=O) groups excluding carboxylic acids is 1. The van der Waals surface area contributed by atoms with Crippen molar-refractivity contribution in [3.63, 3.8) is 0 Å². The van der Waals surface area contributed by atoms with E-state index in [1.165, 1.54) is 30.5 Å². The van der Waals surface area contributed by atoms with Gasteiger partial charge in [-0.2, -0.15) is 0 Å². The number of benzene rings is 1. The van der Waals surface area contributed by atoms with Crippen molar-refractivity contribution in [2.75, 3.05) is 11.9 Å². The van der Waals surface area contributed by atoms with E-state index in [0.29, 0.717) is 5.56 Å². The second kappa shape index (κ2) is 6.52. The number of rotatable bonds is 3. The highest BCUT2D eigenvalue weighted by molar-refractivity contribution is 5.92. The molecule has 0 spiro atoms. The Balaban J connectivity index is 2.16. The zero-order chi connectivity index (χ0) is 18.0. The third-order valence-corrected chi connectivity index (χ3v) is 3.40. The predicted molar refractivity (Wildman–Crippen MR) is 89.7 cm³/mol. The van der Waals surface area contributed by atoms with Crippen molar-refractivity contribution in [2.24, 2.45) is 0 Å². The first kappa shape index (κ1) is 16.3. The number of phenolic OH excluding ortho intramolecular Hbond substituents is 1. The number of anilines is 1. The lowest BCUT2D eigenvalue weighted by atomic mass is 10.1. The quantitative estimate of drug-likeness (QED) is 0.669. The second-order valence-electron chi connectivity index (χ2n) is 5.09. The van der Waals surface area contributed by atoms with Gasteiger partial charge in [0.15, 0.2) is 16.8 Å². The molecule has 0 unspecified atom stereocenters. The van der Waals surface area contributed by atoms with Crippen molar-refractivity contribution < 1.29 is 24.2 Å². The summed E-state index contributed by atoms with van der Waals surface area (Å²) in [6.45, 7) is 1.83. The molecule has 3 aromatic rings. The molecule has 0 bridgehead atoms. The number of aromatic hydroxyl groups is 2. The summed E-state index contributed by atoms with van der Waals surface area (Å²) in [4.78, 5) is 27.7. The Morgan fingerprint density at radius 2 is 2.08 bits per heavy atom. The first-order chi connectivity index (χ1) is 12.0. The van der Waals surface area contributed by atoms with Crippen LogP contribution in [-0.2, 0) is 4.74 Å². The van der Waals surface area contributed by atoms with E-state index in [0.717, 1.165) is 6.20 Å². The number of nitrogens with one attached hydrogen (secondary N) is 1. The summed E-state index contributed by atoms with van der Waals surface area (Å²) in [6.07, 6.45) is 1.73. The van der Waals surface area contributed by atoms with Gasteiger partial charge in [0, 0.05) is 23.9 Å². The Hall–Kier alpha value is -3.55. The van der Waals surface area contributed by atoms with Crippen molar-refractivity contribution >= 4 is 22.7 Å². The lowest BCUT2D eigenvalue weighted by Crippen LogP contribution is -2.14. The van der Waals surface area contributed by atoms with Gasteiger partial charge in [-0.1, -0.05) is 0 Å². The third-order valence-electron chi connectivity index (χ3n) is 3.40. The molecule has 128 valence electrons. The van der Waals surface area contributed by atoms with E-state index in [1.54, 1.807) is 6.92 Å². The van der Waals surface area contributed by atoms with Gasteiger partial charge in [-0.25, -0.2) is 4.79 Å². The summed E-state index contributed by atoms with van der Waals surface area (Å²) in [5.74, 6) is -0.272. The molecule has 3 rings (SSSR count). The summed E-state index contributed by atoms with van der Waals surface area (Å²) in [6, 6.07) is 5.36. The van der Waals surface area contributed by atoms with Gasteiger partial charge < -0.3 is 19.4 Å². The Labute approximate surface area is 141 Å². The molecule has 3 N–H and O–H groups in total. The molecule has 8 nitrogen and oxygen atoms in total. The van der Waals surface area contributed by atoms with Crippen molar-refractivity contribution in [1.29, 1.82) is 0 Å². The second-order valence-corrected chi connectivity index (χ2v) is 5.09. The van der Waals surface area contributed by atoms with Crippen molar-refractivity contribution in [3.05, 3.63) is 46.9 Å². The number of amides is 1. The maximum absolute atomic E-state index is 12.3. The van der Waals surface area contributed by atoms with Crippen LogP contribution >= 0.6 is 0 Å². The highest BCUT2D eigenvalue weighted by atomic mass is 16.5. The fraction of sp³-hybridized carbons (Fsp3) is 0.118. The maximum Gasteiger partial charge on any atom is 0.411 e. The van der Waals surface area contributed by atoms with Crippen LogP contribution in [0.2, 0.25) is 0 Å². The molecule has 0 fully saturated rings. The average Bonchev–Trinajstić information content (AvgIpc) is 2.56. The molecule has 1 aromatic carbocycles. The standard InChI is InChI=1S/C17H14N2O6/c1-2-24-17(23)19-12-5-9(20)3-4-10(12)15-6-13(21)11-7-18-8-14(22)16(11)25-15/h3-8,20,22H,2H2,1H3,(H,19,23). The lowest BCUT2D eigenvalue weighted by molar-refractivity contribution is 0.168.